The third-order valence-electron chi connectivity index (χ3n) is 6.05. The SMILES string of the molecule is CCc1ccc(-c2ccc(OC(=O)c3ccc(-c4ccc(C5CO5)cc4F)cc3)c(F)c2F)cc1. The van der Waals surface area contributed by atoms with Crippen molar-refractivity contribution in [3.05, 3.63) is 113 Å². The largest absolute Gasteiger partial charge is 0.420 e. The summed E-state index contributed by atoms with van der Waals surface area (Å²) < 4.78 is 54.2. The van der Waals surface area contributed by atoms with Crippen molar-refractivity contribution in [2.75, 3.05) is 6.61 Å². The number of halogens is 3. The van der Waals surface area contributed by atoms with Crippen molar-refractivity contribution in [2.45, 2.75) is 19.4 Å². The van der Waals surface area contributed by atoms with Gasteiger partial charge in [0.05, 0.1) is 12.2 Å². The fourth-order valence-corrected chi connectivity index (χ4v) is 3.90. The molecule has 1 fully saturated rings. The first kappa shape index (κ1) is 22.9. The minimum absolute atomic E-state index is 0.0448. The second-order valence-corrected chi connectivity index (χ2v) is 8.32. The Balaban J connectivity index is 1.32. The van der Waals surface area contributed by atoms with Crippen molar-refractivity contribution in [3.63, 3.8) is 0 Å². The van der Waals surface area contributed by atoms with E-state index in [0.717, 1.165) is 17.5 Å². The molecule has 0 spiro atoms. The lowest BCUT2D eigenvalue weighted by molar-refractivity contribution is 0.0727. The molecule has 1 unspecified atom stereocenters. The fourth-order valence-electron chi connectivity index (χ4n) is 3.90. The topological polar surface area (TPSA) is 38.8 Å². The highest BCUT2D eigenvalue weighted by Crippen LogP contribution is 2.33. The first-order valence-corrected chi connectivity index (χ1v) is 11.3. The van der Waals surface area contributed by atoms with Crippen LogP contribution in [0.25, 0.3) is 22.3 Å². The molecule has 4 aromatic rings. The first-order chi connectivity index (χ1) is 16.9. The highest BCUT2D eigenvalue weighted by molar-refractivity contribution is 5.91. The van der Waals surface area contributed by atoms with Gasteiger partial charge in [0.15, 0.2) is 11.6 Å². The molecule has 6 heteroatoms. The third-order valence-corrected chi connectivity index (χ3v) is 6.05. The minimum atomic E-state index is -1.24. The molecule has 1 heterocycles. The molecule has 0 radical (unpaired) electrons. The molecule has 1 atom stereocenters. The van der Waals surface area contributed by atoms with E-state index in [1.165, 1.54) is 30.3 Å². The molecule has 5 rings (SSSR count). The van der Waals surface area contributed by atoms with E-state index in [-0.39, 0.29) is 17.2 Å². The van der Waals surface area contributed by atoms with E-state index >= 15 is 0 Å². The average molecular weight is 474 g/mol. The predicted octanol–water partition coefficient (Wildman–Crippen LogP) is 7.29. The van der Waals surface area contributed by atoms with E-state index in [4.69, 9.17) is 9.47 Å². The number of benzene rings is 4. The van der Waals surface area contributed by atoms with Crippen molar-refractivity contribution in [3.8, 4) is 28.0 Å². The molecule has 0 N–H and O–H groups in total. The normalized spacial score (nSPS) is 14.6. The molecule has 1 aliphatic rings. The second-order valence-electron chi connectivity index (χ2n) is 8.32. The summed E-state index contributed by atoms with van der Waals surface area (Å²) in [4.78, 5) is 12.5. The third kappa shape index (κ3) is 4.70. The summed E-state index contributed by atoms with van der Waals surface area (Å²) in [6.07, 6.45) is 0.793. The van der Waals surface area contributed by atoms with Crippen LogP contribution in [0.15, 0.2) is 78.9 Å². The Labute approximate surface area is 200 Å². The highest BCUT2D eigenvalue weighted by atomic mass is 19.2. The van der Waals surface area contributed by atoms with Gasteiger partial charge >= 0.3 is 5.97 Å². The molecule has 0 aliphatic carbocycles. The van der Waals surface area contributed by atoms with Crippen molar-refractivity contribution in [1.82, 2.24) is 0 Å². The standard InChI is InChI=1S/C29H21F3O3/c1-2-17-3-5-19(6-4-17)23-13-14-25(28(32)27(23)31)35-29(33)20-9-7-18(8-10-20)22-12-11-21(15-24(22)30)26-16-34-26/h3-15,26H,2,16H2,1H3. The van der Waals surface area contributed by atoms with E-state index in [0.29, 0.717) is 23.3 Å². The number of rotatable bonds is 6. The Morgan fingerprint density at radius 2 is 1.49 bits per heavy atom. The smallest absolute Gasteiger partial charge is 0.343 e. The van der Waals surface area contributed by atoms with E-state index in [1.807, 2.05) is 19.1 Å². The molecule has 1 aliphatic heterocycles. The van der Waals surface area contributed by atoms with Crippen molar-refractivity contribution in [2.24, 2.45) is 0 Å². The first-order valence-electron chi connectivity index (χ1n) is 11.3. The number of carbonyl (C=O) groups excluding carboxylic acids is 1. The van der Waals surface area contributed by atoms with Crippen LogP contribution >= 0.6 is 0 Å². The quantitative estimate of drug-likeness (QED) is 0.167. The van der Waals surface area contributed by atoms with Crippen molar-refractivity contribution >= 4 is 5.97 Å². The Hall–Kier alpha value is -3.90. The summed E-state index contributed by atoms with van der Waals surface area (Å²) in [7, 11) is 0. The molecule has 0 saturated carbocycles. The summed E-state index contributed by atoms with van der Waals surface area (Å²) in [6, 6.07) is 20.7. The second kappa shape index (κ2) is 9.39. The summed E-state index contributed by atoms with van der Waals surface area (Å²) >= 11 is 0. The van der Waals surface area contributed by atoms with Gasteiger partial charge in [-0.05, 0) is 59.0 Å². The number of carbonyl (C=O) groups is 1. The Bertz CT molecular complexity index is 1390. The van der Waals surface area contributed by atoms with Crippen LogP contribution in [0.3, 0.4) is 0 Å². The summed E-state index contributed by atoms with van der Waals surface area (Å²) in [5.41, 5.74) is 3.54. The summed E-state index contributed by atoms with van der Waals surface area (Å²) in [6.45, 7) is 2.60. The lowest BCUT2D eigenvalue weighted by Crippen LogP contribution is -2.10. The van der Waals surface area contributed by atoms with Crippen LogP contribution in [0.2, 0.25) is 0 Å². The van der Waals surface area contributed by atoms with Crippen LogP contribution < -0.4 is 4.74 Å². The predicted molar refractivity (Wildman–Crippen MR) is 127 cm³/mol. The van der Waals surface area contributed by atoms with Gasteiger partial charge < -0.3 is 9.47 Å². The molecular weight excluding hydrogens is 453 g/mol. The number of aryl methyl sites for hydroxylation is 1. The molecule has 176 valence electrons. The Morgan fingerprint density at radius 3 is 2.11 bits per heavy atom. The fraction of sp³-hybridized carbons (Fsp3) is 0.138. The van der Waals surface area contributed by atoms with Gasteiger partial charge in [-0.1, -0.05) is 55.5 Å². The van der Waals surface area contributed by atoms with Crippen LogP contribution in [-0.2, 0) is 11.2 Å². The van der Waals surface area contributed by atoms with E-state index in [9.17, 15) is 18.0 Å². The molecule has 0 amide bonds. The molecular formula is C29H21F3O3. The van der Waals surface area contributed by atoms with Crippen LogP contribution in [0.4, 0.5) is 13.2 Å². The maximum absolute atomic E-state index is 14.7. The lowest BCUT2D eigenvalue weighted by Gasteiger charge is -2.10. The van der Waals surface area contributed by atoms with Gasteiger partial charge in [0.2, 0.25) is 5.82 Å². The van der Waals surface area contributed by atoms with Crippen molar-refractivity contribution < 1.29 is 27.4 Å². The number of hydrogen-bond acceptors (Lipinski definition) is 3. The highest BCUT2D eigenvalue weighted by Gasteiger charge is 2.25. The van der Waals surface area contributed by atoms with Gasteiger partial charge in [0, 0.05) is 11.1 Å². The number of esters is 1. The molecule has 1 saturated heterocycles. The minimum Gasteiger partial charge on any atom is -0.420 e. The number of ether oxygens (including phenoxy) is 2. The van der Waals surface area contributed by atoms with Crippen LogP contribution in [-0.4, -0.2) is 12.6 Å². The monoisotopic (exact) mass is 474 g/mol. The van der Waals surface area contributed by atoms with Gasteiger partial charge in [-0.25, -0.2) is 13.6 Å². The Morgan fingerprint density at radius 1 is 0.857 bits per heavy atom. The van der Waals surface area contributed by atoms with Crippen LogP contribution in [0.1, 0.15) is 34.5 Å². The van der Waals surface area contributed by atoms with Gasteiger partial charge in [-0.2, -0.15) is 4.39 Å². The van der Waals surface area contributed by atoms with E-state index < -0.39 is 29.2 Å². The Kier molecular flexibility index (Phi) is 6.14. The molecule has 4 aromatic carbocycles. The molecule has 35 heavy (non-hydrogen) atoms. The zero-order chi connectivity index (χ0) is 24.5. The maximum atomic E-state index is 14.7. The maximum Gasteiger partial charge on any atom is 0.343 e. The van der Waals surface area contributed by atoms with Gasteiger partial charge in [0.25, 0.3) is 0 Å². The van der Waals surface area contributed by atoms with Gasteiger partial charge in [-0.3, -0.25) is 0 Å². The molecule has 0 aromatic heterocycles. The summed E-state index contributed by atoms with van der Waals surface area (Å²) in [5.74, 6) is -4.08. The van der Waals surface area contributed by atoms with Gasteiger partial charge in [-0.15, -0.1) is 0 Å². The average Bonchev–Trinajstić information content (AvgIpc) is 3.73. The molecule has 0 bridgehead atoms. The van der Waals surface area contributed by atoms with Crippen LogP contribution in [0.5, 0.6) is 5.75 Å². The zero-order valence-corrected chi connectivity index (χ0v) is 18.9. The zero-order valence-electron chi connectivity index (χ0n) is 18.9. The van der Waals surface area contributed by atoms with Crippen molar-refractivity contribution in [1.29, 1.82) is 0 Å². The van der Waals surface area contributed by atoms with E-state index in [1.54, 1.807) is 36.4 Å². The molecule has 3 nitrogen and oxygen atoms in total. The number of epoxide rings is 1. The van der Waals surface area contributed by atoms with E-state index in [2.05, 4.69) is 0 Å². The van der Waals surface area contributed by atoms with Crippen LogP contribution in [0, 0.1) is 17.5 Å². The van der Waals surface area contributed by atoms with Gasteiger partial charge in [0.1, 0.15) is 11.9 Å². The number of hydrogen-bond donors (Lipinski definition) is 0. The summed E-state index contributed by atoms with van der Waals surface area (Å²) in [5, 5.41) is 0. The lowest BCUT2D eigenvalue weighted by atomic mass is 10.0.